The highest BCUT2D eigenvalue weighted by Gasteiger charge is 2.31. The third kappa shape index (κ3) is 14.6. The van der Waals surface area contributed by atoms with Crippen LogP contribution in [0.5, 0.6) is 0 Å². The second kappa shape index (κ2) is 19.0. The smallest absolute Gasteiger partial charge is 0.408 e. The first-order valence-corrected chi connectivity index (χ1v) is 16.0. The number of amides is 5. The van der Waals surface area contributed by atoms with Crippen LogP contribution in [-0.4, -0.2) is 72.5 Å². The maximum Gasteiger partial charge on any atom is 0.408 e. The van der Waals surface area contributed by atoms with Crippen molar-refractivity contribution in [1.29, 1.82) is 5.41 Å². The monoisotopic (exact) mass is 687 g/mol. The molecule has 0 spiro atoms. The van der Waals surface area contributed by atoms with Gasteiger partial charge >= 0.3 is 11.7 Å². The minimum atomic E-state index is -1.26. The van der Waals surface area contributed by atoms with Crippen molar-refractivity contribution < 1.29 is 33.1 Å². The van der Waals surface area contributed by atoms with E-state index in [1.54, 1.807) is 39.8 Å². The minimum absolute atomic E-state index is 0.116. The minimum Gasteiger partial charge on any atom is -0.444 e. The highest BCUT2D eigenvalue weighted by molar-refractivity contribution is 6.00. The maximum absolute atomic E-state index is 13.7. The largest absolute Gasteiger partial charge is 0.444 e. The van der Waals surface area contributed by atoms with Crippen LogP contribution in [0.1, 0.15) is 71.3 Å². The second-order valence-electron chi connectivity index (χ2n) is 12.5. The van der Waals surface area contributed by atoms with E-state index in [1.165, 1.54) is 12.1 Å². The molecule has 3 atom stereocenters. The summed E-state index contributed by atoms with van der Waals surface area (Å²) in [6, 6.07) is 2.65. The predicted molar refractivity (Wildman–Crippen MR) is 183 cm³/mol. The summed E-state index contributed by atoms with van der Waals surface area (Å²) in [5.74, 6) is -3.00. The molecule has 0 radical (unpaired) electrons. The lowest BCUT2D eigenvalue weighted by Gasteiger charge is -2.26. The number of nitrogens with two attached hydrogens (primary N) is 3. The molecule has 1 heterocycles. The van der Waals surface area contributed by atoms with Crippen LogP contribution in [-0.2, 0) is 23.9 Å². The Balaban J connectivity index is 2.30. The van der Waals surface area contributed by atoms with Gasteiger partial charge in [0, 0.05) is 36.2 Å². The number of hydrogen-bond donors (Lipinski definition) is 9. The number of carbonyl (C=O) groups excluding carboxylic acids is 5. The normalized spacial score (nSPS) is 13.0. The topological polar surface area (TPSA) is 287 Å². The number of rotatable bonds is 18. The van der Waals surface area contributed by atoms with Crippen molar-refractivity contribution in [2.75, 3.05) is 18.4 Å². The van der Waals surface area contributed by atoms with Crippen LogP contribution in [0.4, 0.5) is 10.5 Å². The van der Waals surface area contributed by atoms with E-state index in [1.807, 2.05) is 0 Å². The number of alkyl carbamates (subject to hydrolysis) is 1. The fraction of sp³-hybridized carbons (Fsp3) is 0.531. The Hall–Kier alpha value is -5.19. The summed E-state index contributed by atoms with van der Waals surface area (Å²) in [4.78, 5) is 76.5. The molecule has 12 N–H and O–H groups in total. The van der Waals surface area contributed by atoms with Crippen molar-refractivity contribution in [2.24, 2.45) is 17.2 Å². The predicted octanol–water partition coefficient (Wildman–Crippen LogP) is 0.561. The van der Waals surface area contributed by atoms with Crippen molar-refractivity contribution in [2.45, 2.75) is 96.4 Å². The number of nitrogens with one attached hydrogen (secondary N) is 6. The molecule has 0 bridgehead atoms. The van der Waals surface area contributed by atoms with Crippen molar-refractivity contribution >= 4 is 52.3 Å². The van der Waals surface area contributed by atoms with E-state index in [9.17, 15) is 28.8 Å². The number of carbonyl (C=O) groups is 5. The molecular weight excluding hydrogens is 638 g/mol. The first-order chi connectivity index (χ1) is 23.0. The fourth-order valence-electron chi connectivity index (χ4n) is 4.74. The Kier molecular flexibility index (Phi) is 15.5. The lowest BCUT2D eigenvalue weighted by atomic mass is 10.0. The van der Waals surface area contributed by atoms with E-state index in [0.29, 0.717) is 42.4 Å². The molecule has 2 rings (SSSR count). The van der Waals surface area contributed by atoms with Crippen LogP contribution in [0.25, 0.3) is 11.0 Å². The molecule has 3 unspecified atom stereocenters. The first kappa shape index (κ1) is 40.0. The number of ether oxygens (including phenoxy) is 1. The zero-order valence-electron chi connectivity index (χ0n) is 28.4. The van der Waals surface area contributed by atoms with E-state index in [-0.39, 0.29) is 43.8 Å². The molecular formula is C32H49N9O8. The van der Waals surface area contributed by atoms with Gasteiger partial charge in [0.15, 0.2) is 5.96 Å². The molecule has 2 aromatic rings. The fourth-order valence-corrected chi connectivity index (χ4v) is 4.74. The number of guanidine groups is 1. The van der Waals surface area contributed by atoms with Crippen LogP contribution in [0, 0.1) is 12.3 Å². The van der Waals surface area contributed by atoms with E-state index in [4.69, 9.17) is 31.8 Å². The third-order valence-corrected chi connectivity index (χ3v) is 7.10. The Bertz CT molecular complexity index is 1550. The van der Waals surface area contributed by atoms with Crippen molar-refractivity contribution in [3.05, 3.63) is 40.2 Å². The molecule has 17 heteroatoms. The molecule has 5 amide bonds. The van der Waals surface area contributed by atoms with Gasteiger partial charge in [0.1, 0.15) is 29.3 Å². The second-order valence-corrected chi connectivity index (χ2v) is 12.5. The van der Waals surface area contributed by atoms with Crippen LogP contribution < -0.4 is 49.4 Å². The molecule has 1 aromatic carbocycles. The van der Waals surface area contributed by atoms with Gasteiger partial charge in [-0.1, -0.05) is 0 Å². The molecule has 0 fully saturated rings. The average Bonchev–Trinajstić information content (AvgIpc) is 2.98. The van der Waals surface area contributed by atoms with Gasteiger partial charge in [-0.25, -0.2) is 9.59 Å². The quantitative estimate of drug-likeness (QED) is 0.0452. The molecule has 0 saturated heterocycles. The summed E-state index contributed by atoms with van der Waals surface area (Å²) in [5.41, 5.74) is 16.2. The van der Waals surface area contributed by atoms with Gasteiger partial charge in [-0.05, 0) is 90.5 Å². The van der Waals surface area contributed by atoms with Gasteiger partial charge < -0.3 is 52.9 Å². The standard InChI is InChI=1S/C32H49N9O8/c1-18-16-26(43)48-24-17-19(10-11-20(18)24)38-27(44)22(9-7-15-37-30(35)36)40-28(45)21(8-5-6-14-33)39-29(46)23(12-13-25(34)42)41-31(47)49-32(2,3)4/h10-11,16-17,21-23H,5-9,12-15,33H2,1-4H3,(H2,34,42)(H,38,44)(H,39,46)(H,40,45)(H,41,47)(H4,35,36,37). The summed E-state index contributed by atoms with van der Waals surface area (Å²) in [5, 5.41) is 21.2. The lowest BCUT2D eigenvalue weighted by Crippen LogP contribution is -2.56. The molecule has 0 aliphatic rings. The Labute approximate surface area is 284 Å². The highest BCUT2D eigenvalue weighted by Crippen LogP contribution is 2.21. The van der Waals surface area contributed by atoms with Crippen LogP contribution in [0.15, 0.2) is 33.5 Å². The summed E-state index contributed by atoms with van der Waals surface area (Å²) in [6.07, 6.45) is 0.282. The maximum atomic E-state index is 13.7. The number of benzene rings is 1. The third-order valence-electron chi connectivity index (χ3n) is 7.10. The zero-order valence-corrected chi connectivity index (χ0v) is 28.4. The zero-order chi connectivity index (χ0) is 36.7. The SMILES string of the molecule is Cc1cc(=O)oc2cc(NC(=O)C(CCCNC(=N)N)NC(=O)C(CCCCN)NC(=O)C(CCC(N)=O)NC(=O)OC(C)(C)C)ccc12. The Morgan fingerprint density at radius 3 is 2.08 bits per heavy atom. The number of aryl methyl sites for hydroxylation is 1. The number of unbranched alkanes of at least 4 members (excludes halogenated alkanes) is 1. The molecule has 1 aromatic heterocycles. The lowest BCUT2D eigenvalue weighted by molar-refractivity contribution is -0.132. The van der Waals surface area contributed by atoms with Crippen LogP contribution in [0.3, 0.4) is 0 Å². The van der Waals surface area contributed by atoms with E-state index >= 15 is 0 Å². The Morgan fingerprint density at radius 1 is 0.878 bits per heavy atom. The molecule has 270 valence electrons. The molecule has 17 nitrogen and oxygen atoms in total. The summed E-state index contributed by atoms with van der Waals surface area (Å²) in [7, 11) is 0. The van der Waals surface area contributed by atoms with Crippen molar-refractivity contribution in [1.82, 2.24) is 21.3 Å². The molecule has 0 aliphatic carbocycles. The van der Waals surface area contributed by atoms with Gasteiger partial charge in [-0.15, -0.1) is 0 Å². The number of hydrogen-bond acceptors (Lipinski definition) is 10. The highest BCUT2D eigenvalue weighted by atomic mass is 16.6. The van der Waals surface area contributed by atoms with Crippen LogP contribution >= 0.6 is 0 Å². The van der Waals surface area contributed by atoms with E-state index < -0.39 is 59.1 Å². The van der Waals surface area contributed by atoms with Gasteiger partial charge in [0.25, 0.3) is 0 Å². The van der Waals surface area contributed by atoms with Gasteiger partial charge in [-0.3, -0.25) is 24.6 Å². The van der Waals surface area contributed by atoms with E-state index in [0.717, 1.165) is 0 Å². The molecule has 49 heavy (non-hydrogen) atoms. The number of anilines is 1. The number of primary amides is 1. The molecule has 0 saturated carbocycles. The van der Waals surface area contributed by atoms with Crippen molar-refractivity contribution in [3.8, 4) is 0 Å². The van der Waals surface area contributed by atoms with Gasteiger partial charge in [-0.2, -0.15) is 0 Å². The number of fused-ring (bicyclic) bond motifs is 1. The van der Waals surface area contributed by atoms with Crippen molar-refractivity contribution in [3.63, 3.8) is 0 Å². The van der Waals surface area contributed by atoms with Crippen LogP contribution in [0.2, 0.25) is 0 Å². The van der Waals surface area contributed by atoms with E-state index in [2.05, 4.69) is 26.6 Å². The summed E-state index contributed by atoms with van der Waals surface area (Å²) in [6.45, 7) is 7.26. The van der Waals surface area contributed by atoms with Gasteiger partial charge in [0.05, 0.1) is 0 Å². The molecule has 0 aliphatic heterocycles. The van der Waals surface area contributed by atoms with Gasteiger partial charge in [0.2, 0.25) is 23.6 Å². The summed E-state index contributed by atoms with van der Waals surface area (Å²) < 4.78 is 10.5. The Morgan fingerprint density at radius 2 is 1.49 bits per heavy atom. The average molecular weight is 688 g/mol. The summed E-state index contributed by atoms with van der Waals surface area (Å²) >= 11 is 0. The first-order valence-electron chi connectivity index (χ1n) is 16.0.